The fraction of sp³-hybridized carbons (Fsp3) is 0.571. The van der Waals surface area contributed by atoms with E-state index in [0.717, 1.165) is 12.8 Å². The van der Waals surface area contributed by atoms with E-state index in [9.17, 15) is 18.0 Å². The summed E-state index contributed by atoms with van der Waals surface area (Å²) >= 11 is 0. The highest BCUT2D eigenvalue weighted by Gasteiger charge is 2.31. The number of morpholine rings is 1. The molecule has 2 saturated heterocycles. The number of aromatic nitrogens is 2. The van der Waals surface area contributed by atoms with E-state index in [1.165, 1.54) is 22.6 Å². The van der Waals surface area contributed by atoms with Gasteiger partial charge in [-0.1, -0.05) is 13.3 Å². The van der Waals surface area contributed by atoms with Crippen molar-refractivity contribution in [3.05, 3.63) is 36.0 Å². The fourth-order valence-corrected chi connectivity index (χ4v) is 5.94. The Kier molecular flexibility index (Phi) is 10.2. The van der Waals surface area contributed by atoms with Crippen molar-refractivity contribution >= 4 is 39.5 Å². The molecular formula is C28H41N7O6S. The van der Waals surface area contributed by atoms with Gasteiger partial charge in [-0.25, -0.2) is 18.2 Å². The summed E-state index contributed by atoms with van der Waals surface area (Å²) in [5.41, 5.74) is 0.0514. The van der Waals surface area contributed by atoms with Gasteiger partial charge in [-0.2, -0.15) is 9.29 Å². The van der Waals surface area contributed by atoms with Crippen LogP contribution in [-0.2, 0) is 19.5 Å². The molecule has 4 rings (SSSR count). The highest BCUT2D eigenvalue weighted by atomic mass is 32.2. The average molecular weight is 604 g/mol. The quantitative estimate of drug-likeness (QED) is 0.344. The van der Waals surface area contributed by atoms with E-state index in [0.29, 0.717) is 69.8 Å². The molecule has 14 heteroatoms. The minimum atomic E-state index is -3.65. The van der Waals surface area contributed by atoms with E-state index in [-0.39, 0.29) is 22.6 Å². The number of hydrogen-bond donors (Lipinski definition) is 3. The second kappa shape index (κ2) is 13.7. The van der Waals surface area contributed by atoms with Gasteiger partial charge in [-0.15, -0.1) is 0 Å². The molecule has 2 aliphatic heterocycles. The van der Waals surface area contributed by atoms with Crippen LogP contribution >= 0.6 is 0 Å². The number of rotatable bonds is 10. The molecule has 42 heavy (non-hydrogen) atoms. The topological polar surface area (TPSA) is 155 Å². The van der Waals surface area contributed by atoms with E-state index in [4.69, 9.17) is 9.47 Å². The SMILES string of the molecule is CCCCNc1ncc(C(=O)Nc2ccc(S(=O)(=O)N3CCOCC3)cc2)c(N[C@H]2CCN(C(=O)OC(C)(C)C)C2)n1. The van der Waals surface area contributed by atoms with Crippen molar-refractivity contribution in [2.24, 2.45) is 0 Å². The van der Waals surface area contributed by atoms with Gasteiger partial charge in [0.1, 0.15) is 17.0 Å². The Morgan fingerprint density at radius 3 is 2.50 bits per heavy atom. The Bertz CT molecular complexity index is 1340. The van der Waals surface area contributed by atoms with Crippen LogP contribution in [0.5, 0.6) is 0 Å². The molecule has 0 radical (unpaired) electrons. The maximum absolute atomic E-state index is 13.4. The zero-order valence-corrected chi connectivity index (χ0v) is 25.5. The van der Waals surface area contributed by atoms with Crippen LogP contribution in [0.2, 0.25) is 0 Å². The minimum absolute atomic E-state index is 0.145. The molecule has 230 valence electrons. The number of unbranched alkanes of at least 4 members (excludes halogenated alkanes) is 1. The second-order valence-corrected chi connectivity index (χ2v) is 13.2. The standard InChI is InChI=1S/C28H41N7O6S/c1-5-6-12-29-26-30-18-23(24(33-26)31-21-11-13-34(19-21)27(37)41-28(2,3)4)25(36)32-20-7-9-22(10-8-20)42(38,39)35-14-16-40-17-15-35/h7-10,18,21H,5-6,11-17,19H2,1-4H3,(H,32,36)(H2,29,30,31,33)/t21-/m0/s1. The maximum Gasteiger partial charge on any atom is 0.410 e. The molecule has 1 aromatic carbocycles. The van der Waals surface area contributed by atoms with Gasteiger partial charge in [0.15, 0.2) is 0 Å². The van der Waals surface area contributed by atoms with E-state index in [2.05, 4.69) is 32.8 Å². The molecule has 2 fully saturated rings. The van der Waals surface area contributed by atoms with Crippen molar-refractivity contribution < 1.29 is 27.5 Å². The second-order valence-electron chi connectivity index (χ2n) is 11.3. The zero-order chi connectivity index (χ0) is 30.3. The number of nitrogens with one attached hydrogen (secondary N) is 3. The van der Waals surface area contributed by atoms with Crippen molar-refractivity contribution in [3.63, 3.8) is 0 Å². The number of hydrogen-bond acceptors (Lipinski definition) is 10. The number of benzene rings is 1. The van der Waals surface area contributed by atoms with Gasteiger partial charge in [0.25, 0.3) is 5.91 Å². The number of amides is 2. The number of ether oxygens (including phenoxy) is 2. The van der Waals surface area contributed by atoms with Gasteiger partial charge in [0.2, 0.25) is 16.0 Å². The first-order valence-corrected chi connectivity index (χ1v) is 15.7. The van der Waals surface area contributed by atoms with E-state index in [1.807, 2.05) is 20.8 Å². The molecule has 0 bridgehead atoms. The molecule has 13 nitrogen and oxygen atoms in total. The summed E-state index contributed by atoms with van der Waals surface area (Å²) in [7, 11) is -3.65. The molecule has 1 aromatic heterocycles. The van der Waals surface area contributed by atoms with Crippen LogP contribution in [0.25, 0.3) is 0 Å². The third-order valence-corrected chi connectivity index (χ3v) is 8.66. The predicted octanol–water partition coefficient (Wildman–Crippen LogP) is 3.38. The lowest BCUT2D eigenvalue weighted by atomic mass is 10.2. The van der Waals surface area contributed by atoms with E-state index >= 15 is 0 Å². The lowest BCUT2D eigenvalue weighted by molar-refractivity contribution is 0.0293. The summed E-state index contributed by atoms with van der Waals surface area (Å²) in [4.78, 5) is 36.6. The molecule has 0 spiro atoms. The summed E-state index contributed by atoms with van der Waals surface area (Å²) in [5, 5.41) is 9.32. The van der Waals surface area contributed by atoms with Crippen molar-refractivity contribution in [1.29, 1.82) is 0 Å². The summed E-state index contributed by atoms with van der Waals surface area (Å²) in [6, 6.07) is 5.90. The van der Waals surface area contributed by atoms with Crippen LogP contribution in [-0.4, -0.2) is 97.2 Å². The van der Waals surface area contributed by atoms with Gasteiger partial charge in [-0.05, 0) is 57.9 Å². The summed E-state index contributed by atoms with van der Waals surface area (Å²) < 4.78 is 38.0. The molecule has 0 unspecified atom stereocenters. The molecule has 3 N–H and O–H groups in total. The Morgan fingerprint density at radius 1 is 1.12 bits per heavy atom. The van der Waals surface area contributed by atoms with Crippen molar-refractivity contribution in [2.45, 2.75) is 63.5 Å². The number of sulfonamides is 1. The third kappa shape index (κ3) is 8.29. The first-order valence-electron chi connectivity index (χ1n) is 14.3. The number of nitrogens with zero attached hydrogens (tertiary/aromatic N) is 4. The molecule has 0 saturated carbocycles. The Balaban J connectivity index is 1.47. The smallest absolute Gasteiger partial charge is 0.410 e. The number of anilines is 3. The summed E-state index contributed by atoms with van der Waals surface area (Å²) in [5.74, 6) is 0.273. The molecule has 3 heterocycles. The van der Waals surface area contributed by atoms with Crippen LogP contribution in [0.3, 0.4) is 0 Å². The zero-order valence-electron chi connectivity index (χ0n) is 24.7. The van der Waals surface area contributed by atoms with Crippen LogP contribution in [0.4, 0.5) is 22.2 Å². The van der Waals surface area contributed by atoms with Gasteiger partial charge in [0.05, 0.1) is 18.1 Å². The van der Waals surface area contributed by atoms with Gasteiger partial charge < -0.3 is 30.3 Å². The molecule has 0 aliphatic carbocycles. The fourth-order valence-electron chi connectivity index (χ4n) is 4.53. The highest BCUT2D eigenvalue weighted by molar-refractivity contribution is 7.89. The Morgan fingerprint density at radius 2 is 1.83 bits per heavy atom. The van der Waals surface area contributed by atoms with Gasteiger partial charge in [0, 0.05) is 50.6 Å². The monoisotopic (exact) mass is 603 g/mol. The average Bonchev–Trinajstić information content (AvgIpc) is 3.42. The van der Waals surface area contributed by atoms with Crippen molar-refractivity contribution in [2.75, 3.05) is 61.9 Å². The first kappa shape index (κ1) is 31.4. The van der Waals surface area contributed by atoms with Crippen LogP contribution in [0.15, 0.2) is 35.4 Å². The molecule has 2 aliphatic rings. The molecule has 1 atom stereocenters. The van der Waals surface area contributed by atoms with Crippen molar-refractivity contribution in [3.8, 4) is 0 Å². The van der Waals surface area contributed by atoms with E-state index < -0.39 is 21.5 Å². The predicted molar refractivity (Wildman–Crippen MR) is 159 cm³/mol. The van der Waals surface area contributed by atoms with Crippen LogP contribution < -0.4 is 16.0 Å². The molecular weight excluding hydrogens is 562 g/mol. The number of carbonyl (C=O) groups excluding carboxylic acids is 2. The molecule has 2 amide bonds. The highest BCUT2D eigenvalue weighted by Crippen LogP contribution is 2.24. The van der Waals surface area contributed by atoms with Gasteiger partial charge in [-0.3, -0.25) is 4.79 Å². The number of likely N-dealkylation sites (tertiary alicyclic amines) is 1. The normalized spacial score (nSPS) is 18.0. The summed E-state index contributed by atoms with van der Waals surface area (Å²) in [6.07, 6.45) is 3.68. The maximum atomic E-state index is 13.4. The van der Waals surface area contributed by atoms with Crippen molar-refractivity contribution in [1.82, 2.24) is 19.2 Å². The Labute approximate surface area is 247 Å². The van der Waals surface area contributed by atoms with Gasteiger partial charge >= 0.3 is 6.09 Å². The number of carbonyl (C=O) groups is 2. The van der Waals surface area contributed by atoms with E-state index in [1.54, 1.807) is 17.0 Å². The van der Waals surface area contributed by atoms with Crippen LogP contribution in [0, 0.1) is 0 Å². The third-order valence-electron chi connectivity index (χ3n) is 6.75. The minimum Gasteiger partial charge on any atom is -0.444 e. The summed E-state index contributed by atoms with van der Waals surface area (Å²) in [6.45, 7) is 10.5. The molecule has 2 aromatic rings. The Hall–Kier alpha value is -3.49. The first-order chi connectivity index (χ1) is 20.0. The lowest BCUT2D eigenvalue weighted by Gasteiger charge is -2.26. The van der Waals surface area contributed by atoms with Crippen LogP contribution in [0.1, 0.15) is 57.3 Å². The largest absolute Gasteiger partial charge is 0.444 e. The lowest BCUT2D eigenvalue weighted by Crippen LogP contribution is -2.40.